The number of hydrogen-bond acceptors (Lipinski definition) is 4. The number of rotatable bonds is 2. The smallest absolute Gasteiger partial charge is 0.394 e. The summed E-state index contributed by atoms with van der Waals surface area (Å²) in [6, 6.07) is 0. The molecule has 1 heterocycles. The molecule has 1 unspecified atom stereocenters. The van der Waals surface area contributed by atoms with Crippen molar-refractivity contribution in [1.82, 2.24) is 4.90 Å². The predicted octanol–water partition coefficient (Wildman–Crippen LogP) is -0.127. The van der Waals surface area contributed by atoms with Crippen molar-refractivity contribution in [2.24, 2.45) is 5.92 Å². The monoisotopic (exact) mass is 229 g/mol. The molecule has 1 rings (SSSR count). The molecule has 1 fully saturated rings. The molecule has 0 aromatic heterocycles. The highest BCUT2D eigenvalue weighted by Crippen LogP contribution is 2.17. The van der Waals surface area contributed by atoms with E-state index in [1.807, 2.05) is 0 Å². The quantitative estimate of drug-likeness (QED) is 0.527. The third kappa shape index (κ3) is 2.95. The summed E-state index contributed by atoms with van der Waals surface area (Å²) < 4.78 is 4.85. The van der Waals surface area contributed by atoms with Crippen LogP contribution in [0, 0.1) is 5.92 Å². The van der Waals surface area contributed by atoms with Gasteiger partial charge in [0.1, 0.15) is 0 Å². The fourth-order valence-electron chi connectivity index (χ4n) is 1.75. The lowest BCUT2D eigenvalue weighted by molar-refractivity contribution is -0.159. The summed E-state index contributed by atoms with van der Waals surface area (Å²) in [5.74, 6) is -3.18. The van der Waals surface area contributed by atoms with E-state index in [0.29, 0.717) is 26.0 Å². The van der Waals surface area contributed by atoms with Crippen LogP contribution in [0.3, 0.4) is 0 Å². The predicted molar refractivity (Wildman–Crippen MR) is 53.6 cm³/mol. The molecular formula is C10H15NO5. The fourth-order valence-corrected chi connectivity index (χ4v) is 1.75. The molecule has 1 aliphatic heterocycles. The van der Waals surface area contributed by atoms with E-state index in [0.717, 1.165) is 0 Å². The van der Waals surface area contributed by atoms with Crippen LogP contribution >= 0.6 is 0 Å². The lowest BCUT2D eigenvalue weighted by atomic mass is 9.98. The Hall–Kier alpha value is -1.59. The molecular weight excluding hydrogens is 214 g/mol. The highest BCUT2D eigenvalue weighted by atomic mass is 16.5. The van der Waals surface area contributed by atoms with Gasteiger partial charge in [-0.05, 0) is 19.8 Å². The zero-order chi connectivity index (χ0) is 12.1. The van der Waals surface area contributed by atoms with E-state index in [9.17, 15) is 14.4 Å². The second kappa shape index (κ2) is 5.48. The van der Waals surface area contributed by atoms with Gasteiger partial charge in [-0.15, -0.1) is 0 Å². The van der Waals surface area contributed by atoms with E-state index in [4.69, 9.17) is 9.84 Å². The average molecular weight is 229 g/mol. The van der Waals surface area contributed by atoms with Crippen molar-refractivity contribution in [3.8, 4) is 0 Å². The summed E-state index contributed by atoms with van der Waals surface area (Å²) in [4.78, 5) is 34.3. The topological polar surface area (TPSA) is 83.9 Å². The van der Waals surface area contributed by atoms with Gasteiger partial charge >= 0.3 is 17.8 Å². The second-order valence-corrected chi connectivity index (χ2v) is 3.65. The Balaban J connectivity index is 2.56. The number of carbonyl (C=O) groups is 3. The largest absolute Gasteiger partial charge is 0.474 e. The molecule has 90 valence electrons. The van der Waals surface area contributed by atoms with Gasteiger partial charge in [0, 0.05) is 13.1 Å². The number of nitrogens with zero attached hydrogens (tertiary/aromatic N) is 1. The van der Waals surface area contributed by atoms with Crippen molar-refractivity contribution >= 4 is 17.8 Å². The van der Waals surface area contributed by atoms with Crippen LogP contribution in [0.4, 0.5) is 0 Å². The van der Waals surface area contributed by atoms with Gasteiger partial charge in [-0.3, -0.25) is 9.59 Å². The number of piperidine rings is 1. The standard InChI is InChI=1S/C10H15NO5/c1-2-16-10(15)7-4-3-5-11(6-7)8(12)9(13)14/h7H,2-6H2,1H3,(H,13,14). The first-order valence-electron chi connectivity index (χ1n) is 5.25. The van der Waals surface area contributed by atoms with Crippen LogP contribution in [0.1, 0.15) is 19.8 Å². The zero-order valence-electron chi connectivity index (χ0n) is 9.14. The Bertz CT molecular complexity index is 302. The molecule has 0 aromatic carbocycles. The first kappa shape index (κ1) is 12.5. The van der Waals surface area contributed by atoms with Crippen molar-refractivity contribution in [3.63, 3.8) is 0 Å². The fraction of sp³-hybridized carbons (Fsp3) is 0.700. The summed E-state index contributed by atoms with van der Waals surface area (Å²) >= 11 is 0. The Kier molecular flexibility index (Phi) is 4.28. The van der Waals surface area contributed by atoms with Crippen LogP contribution < -0.4 is 0 Å². The Morgan fingerprint density at radius 3 is 2.69 bits per heavy atom. The Morgan fingerprint density at radius 2 is 2.12 bits per heavy atom. The lowest BCUT2D eigenvalue weighted by Crippen LogP contribution is -2.45. The zero-order valence-corrected chi connectivity index (χ0v) is 9.14. The van der Waals surface area contributed by atoms with Crippen LogP contribution in [0.2, 0.25) is 0 Å². The number of aliphatic carboxylic acids is 1. The van der Waals surface area contributed by atoms with Crippen LogP contribution in [0.5, 0.6) is 0 Å². The SMILES string of the molecule is CCOC(=O)C1CCCN(C(=O)C(=O)O)C1. The highest BCUT2D eigenvalue weighted by Gasteiger charge is 2.31. The maximum atomic E-state index is 11.4. The summed E-state index contributed by atoms with van der Waals surface area (Å²) in [5.41, 5.74) is 0. The number of carbonyl (C=O) groups excluding carboxylic acids is 2. The van der Waals surface area contributed by atoms with Gasteiger partial charge in [0.15, 0.2) is 0 Å². The van der Waals surface area contributed by atoms with Gasteiger partial charge in [0.05, 0.1) is 12.5 Å². The molecule has 1 saturated heterocycles. The third-order valence-corrected chi connectivity index (χ3v) is 2.51. The van der Waals surface area contributed by atoms with Crippen LogP contribution in [-0.4, -0.2) is 47.5 Å². The molecule has 6 nitrogen and oxygen atoms in total. The minimum atomic E-state index is -1.48. The van der Waals surface area contributed by atoms with E-state index in [2.05, 4.69) is 0 Å². The summed E-state index contributed by atoms with van der Waals surface area (Å²) in [6.07, 6.45) is 1.27. The Morgan fingerprint density at radius 1 is 1.44 bits per heavy atom. The maximum Gasteiger partial charge on any atom is 0.394 e. The van der Waals surface area contributed by atoms with E-state index in [1.54, 1.807) is 6.92 Å². The van der Waals surface area contributed by atoms with Crippen molar-refractivity contribution < 1.29 is 24.2 Å². The Labute approximate surface area is 93.2 Å². The normalized spacial score (nSPS) is 20.3. The molecule has 0 bridgehead atoms. The average Bonchev–Trinajstić information content (AvgIpc) is 2.28. The number of amides is 1. The molecule has 0 aromatic rings. The molecule has 1 N–H and O–H groups in total. The van der Waals surface area contributed by atoms with Crippen LogP contribution in [-0.2, 0) is 19.1 Å². The molecule has 1 aliphatic rings. The van der Waals surface area contributed by atoms with Crippen molar-refractivity contribution in [2.45, 2.75) is 19.8 Å². The molecule has 0 saturated carbocycles. The summed E-state index contributed by atoms with van der Waals surface area (Å²) in [5, 5.41) is 8.56. The van der Waals surface area contributed by atoms with E-state index < -0.39 is 17.8 Å². The van der Waals surface area contributed by atoms with Crippen molar-refractivity contribution in [3.05, 3.63) is 0 Å². The van der Waals surface area contributed by atoms with E-state index >= 15 is 0 Å². The second-order valence-electron chi connectivity index (χ2n) is 3.65. The number of likely N-dealkylation sites (tertiary alicyclic amines) is 1. The number of carboxylic acids is 1. The first-order chi connectivity index (χ1) is 7.56. The number of ether oxygens (including phenoxy) is 1. The summed E-state index contributed by atoms with van der Waals surface area (Å²) in [7, 11) is 0. The molecule has 16 heavy (non-hydrogen) atoms. The molecule has 6 heteroatoms. The molecule has 1 atom stereocenters. The van der Waals surface area contributed by atoms with Crippen molar-refractivity contribution in [1.29, 1.82) is 0 Å². The molecule has 1 amide bonds. The number of carboxylic acid groups (broad SMARTS) is 1. The van der Waals surface area contributed by atoms with Crippen LogP contribution in [0.25, 0.3) is 0 Å². The minimum Gasteiger partial charge on any atom is -0.474 e. The van der Waals surface area contributed by atoms with Gasteiger partial charge in [0.25, 0.3) is 0 Å². The number of hydrogen-bond donors (Lipinski definition) is 1. The van der Waals surface area contributed by atoms with E-state index in [1.165, 1.54) is 4.90 Å². The third-order valence-electron chi connectivity index (χ3n) is 2.51. The molecule has 0 aliphatic carbocycles. The van der Waals surface area contributed by atoms with Gasteiger partial charge in [-0.2, -0.15) is 0 Å². The van der Waals surface area contributed by atoms with Gasteiger partial charge in [-0.25, -0.2) is 4.79 Å². The maximum absolute atomic E-state index is 11.4. The van der Waals surface area contributed by atoms with E-state index in [-0.39, 0.29) is 12.5 Å². The van der Waals surface area contributed by atoms with Crippen molar-refractivity contribution in [2.75, 3.05) is 19.7 Å². The first-order valence-corrected chi connectivity index (χ1v) is 5.25. The van der Waals surface area contributed by atoms with Crippen LogP contribution in [0.15, 0.2) is 0 Å². The lowest BCUT2D eigenvalue weighted by Gasteiger charge is -2.30. The summed E-state index contributed by atoms with van der Waals surface area (Å²) in [6.45, 7) is 2.54. The highest BCUT2D eigenvalue weighted by molar-refractivity contribution is 6.31. The number of esters is 1. The van der Waals surface area contributed by atoms with Gasteiger partial charge < -0.3 is 14.7 Å². The van der Waals surface area contributed by atoms with Gasteiger partial charge in [-0.1, -0.05) is 0 Å². The minimum absolute atomic E-state index is 0.143. The molecule has 0 radical (unpaired) electrons. The molecule has 0 spiro atoms. The van der Waals surface area contributed by atoms with Gasteiger partial charge in [0.2, 0.25) is 0 Å².